The van der Waals surface area contributed by atoms with Gasteiger partial charge >= 0.3 is 0 Å². The normalized spacial score (nSPS) is 21.2. The van der Waals surface area contributed by atoms with Crippen molar-refractivity contribution in [1.82, 2.24) is 9.88 Å². The summed E-state index contributed by atoms with van der Waals surface area (Å²) in [5, 5.41) is 0. The zero-order valence-corrected chi connectivity index (χ0v) is 15.6. The highest BCUT2D eigenvalue weighted by Gasteiger charge is 2.27. The maximum Gasteiger partial charge on any atom is 0.264 e. The maximum absolute atomic E-state index is 12.9. The lowest BCUT2D eigenvalue weighted by Gasteiger charge is -2.32. The molecule has 1 aliphatic carbocycles. The van der Waals surface area contributed by atoms with E-state index in [0.29, 0.717) is 0 Å². The molecule has 0 saturated carbocycles. The van der Waals surface area contributed by atoms with E-state index < -0.39 is 0 Å². The van der Waals surface area contributed by atoms with Gasteiger partial charge in [-0.15, -0.1) is 11.3 Å². The molecule has 1 N–H and O–H groups in total. The fourth-order valence-corrected chi connectivity index (χ4v) is 5.14. The van der Waals surface area contributed by atoms with E-state index in [-0.39, 0.29) is 5.91 Å². The molecule has 2 aromatic rings. The summed E-state index contributed by atoms with van der Waals surface area (Å²) in [6.45, 7) is 7.10. The van der Waals surface area contributed by atoms with Crippen molar-refractivity contribution in [2.24, 2.45) is 5.92 Å². The summed E-state index contributed by atoms with van der Waals surface area (Å²) in [4.78, 5) is 23.0. The van der Waals surface area contributed by atoms with Gasteiger partial charge in [0.2, 0.25) is 0 Å². The van der Waals surface area contributed by atoms with Crippen molar-refractivity contribution >= 4 is 17.2 Å². The number of rotatable bonds is 3. The highest BCUT2D eigenvalue weighted by atomic mass is 32.1. The monoisotopic (exact) mass is 356 g/mol. The number of fused-ring (bicyclic) bond motifs is 1. The standard InChI is InChI=1S/C20H25N3OS/c1-15-2-3-18-17(12-15)13-19(25-18)20(24)23-10-8-22(9-11-23)14-16-4-6-21-7-5-16/h4-7,13,15H,2-3,8-12,14H2,1H3/p+1/t15-/m1/s1. The number of aryl methyl sites for hydroxylation is 1. The number of hydrogen-bond acceptors (Lipinski definition) is 3. The molecular weight excluding hydrogens is 330 g/mol. The Hall–Kier alpha value is -1.72. The molecule has 132 valence electrons. The summed E-state index contributed by atoms with van der Waals surface area (Å²) in [5.74, 6) is 1.00. The van der Waals surface area contributed by atoms with Gasteiger partial charge in [0.25, 0.3) is 5.91 Å². The molecule has 4 nitrogen and oxygen atoms in total. The third kappa shape index (κ3) is 3.77. The maximum atomic E-state index is 12.9. The molecule has 0 unspecified atom stereocenters. The van der Waals surface area contributed by atoms with Crippen molar-refractivity contribution in [3.8, 4) is 0 Å². The number of quaternary nitrogens is 1. The van der Waals surface area contributed by atoms with Crippen LogP contribution < -0.4 is 4.90 Å². The Morgan fingerprint density at radius 3 is 2.84 bits per heavy atom. The number of amides is 1. The average Bonchev–Trinajstić information content (AvgIpc) is 3.06. The van der Waals surface area contributed by atoms with Gasteiger partial charge in [-0.05, 0) is 48.9 Å². The highest BCUT2D eigenvalue weighted by molar-refractivity contribution is 7.14. The number of nitrogens with zero attached hydrogens (tertiary/aromatic N) is 2. The van der Waals surface area contributed by atoms with Crippen LogP contribution in [0.25, 0.3) is 0 Å². The summed E-state index contributed by atoms with van der Waals surface area (Å²) < 4.78 is 0. The van der Waals surface area contributed by atoms with E-state index in [1.54, 1.807) is 16.2 Å². The first-order valence-electron chi connectivity index (χ1n) is 9.32. The van der Waals surface area contributed by atoms with Gasteiger partial charge in [0.15, 0.2) is 0 Å². The lowest BCUT2D eigenvalue weighted by atomic mass is 9.90. The van der Waals surface area contributed by atoms with Crippen molar-refractivity contribution in [1.29, 1.82) is 0 Å². The van der Waals surface area contributed by atoms with Gasteiger partial charge in [0.05, 0.1) is 31.1 Å². The van der Waals surface area contributed by atoms with E-state index in [2.05, 4.69) is 35.0 Å². The summed E-state index contributed by atoms with van der Waals surface area (Å²) in [7, 11) is 0. The van der Waals surface area contributed by atoms with Gasteiger partial charge in [-0.3, -0.25) is 9.78 Å². The summed E-state index contributed by atoms with van der Waals surface area (Å²) >= 11 is 1.74. The van der Waals surface area contributed by atoms with E-state index in [1.807, 2.05) is 12.4 Å². The minimum atomic E-state index is 0.245. The number of nitrogens with one attached hydrogen (secondary N) is 1. The van der Waals surface area contributed by atoms with Gasteiger partial charge in [-0.25, -0.2) is 0 Å². The molecule has 0 spiro atoms. The molecule has 0 bridgehead atoms. The molecule has 1 amide bonds. The van der Waals surface area contributed by atoms with Crippen LogP contribution in [0, 0.1) is 5.92 Å². The van der Waals surface area contributed by atoms with E-state index >= 15 is 0 Å². The molecule has 1 fully saturated rings. The van der Waals surface area contributed by atoms with Gasteiger partial charge in [-0.1, -0.05) is 6.92 Å². The van der Waals surface area contributed by atoms with E-state index in [0.717, 1.165) is 56.4 Å². The van der Waals surface area contributed by atoms with Crippen molar-refractivity contribution < 1.29 is 9.69 Å². The van der Waals surface area contributed by atoms with Crippen LogP contribution in [0.4, 0.5) is 0 Å². The van der Waals surface area contributed by atoms with E-state index in [1.165, 1.54) is 22.4 Å². The van der Waals surface area contributed by atoms with Crippen LogP contribution in [0.5, 0.6) is 0 Å². The molecule has 2 aromatic heterocycles. The smallest absolute Gasteiger partial charge is 0.264 e. The zero-order valence-electron chi connectivity index (χ0n) is 14.8. The summed E-state index contributed by atoms with van der Waals surface area (Å²) in [6, 6.07) is 6.34. The summed E-state index contributed by atoms with van der Waals surface area (Å²) in [5.41, 5.74) is 2.75. The van der Waals surface area contributed by atoms with Gasteiger partial charge in [0, 0.05) is 22.8 Å². The van der Waals surface area contributed by atoms with Crippen LogP contribution in [-0.4, -0.2) is 42.0 Å². The third-order valence-electron chi connectivity index (χ3n) is 5.50. The third-order valence-corrected chi connectivity index (χ3v) is 6.73. The number of pyridine rings is 1. The largest absolute Gasteiger partial charge is 0.328 e. The Morgan fingerprint density at radius 1 is 1.32 bits per heavy atom. The van der Waals surface area contributed by atoms with Gasteiger partial charge in [0.1, 0.15) is 6.54 Å². The topological polar surface area (TPSA) is 37.6 Å². The molecule has 25 heavy (non-hydrogen) atoms. The molecule has 0 radical (unpaired) electrons. The minimum absolute atomic E-state index is 0.245. The predicted octanol–water partition coefficient (Wildman–Crippen LogP) is 1.81. The van der Waals surface area contributed by atoms with E-state index in [4.69, 9.17) is 0 Å². The number of carbonyl (C=O) groups is 1. The van der Waals surface area contributed by atoms with Crippen LogP contribution in [-0.2, 0) is 19.4 Å². The number of hydrogen-bond donors (Lipinski definition) is 1. The average molecular weight is 357 g/mol. The molecule has 1 atom stereocenters. The lowest BCUT2D eigenvalue weighted by Crippen LogP contribution is -3.13. The second-order valence-electron chi connectivity index (χ2n) is 7.48. The number of carbonyl (C=O) groups excluding carboxylic acids is 1. The number of aromatic nitrogens is 1. The Labute approximate surface area is 153 Å². The van der Waals surface area contributed by atoms with E-state index in [9.17, 15) is 4.79 Å². The predicted molar refractivity (Wildman–Crippen MR) is 100 cm³/mol. The van der Waals surface area contributed by atoms with Crippen molar-refractivity contribution in [3.05, 3.63) is 51.5 Å². The fraction of sp³-hybridized carbons (Fsp3) is 0.500. The van der Waals surface area contributed by atoms with Crippen LogP contribution >= 0.6 is 11.3 Å². The zero-order chi connectivity index (χ0) is 17.2. The van der Waals surface area contributed by atoms with Crippen LogP contribution in [0.15, 0.2) is 30.6 Å². The van der Waals surface area contributed by atoms with Crippen molar-refractivity contribution in [2.45, 2.75) is 32.7 Å². The molecular formula is C20H26N3OS+. The van der Waals surface area contributed by atoms with Gasteiger partial charge in [-0.2, -0.15) is 0 Å². The SMILES string of the molecule is C[C@@H]1CCc2sc(C(=O)N3CC[NH+](Cc4ccncc4)CC3)cc2C1. The minimum Gasteiger partial charge on any atom is -0.328 e. The molecule has 3 heterocycles. The quantitative estimate of drug-likeness (QED) is 0.911. The second-order valence-corrected chi connectivity index (χ2v) is 8.62. The van der Waals surface area contributed by atoms with Crippen molar-refractivity contribution in [3.63, 3.8) is 0 Å². The Balaban J connectivity index is 1.35. The molecule has 1 aliphatic heterocycles. The van der Waals surface area contributed by atoms with Gasteiger partial charge < -0.3 is 9.80 Å². The Bertz CT molecular complexity index is 735. The Kier molecular flexibility index (Phi) is 4.86. The summed E-state index contributed by atoms with van der Waals surface area (Å²) in [6.07, 6.45) is 7.27. The van der Waals surface area contributed by atoms with Crippen molar-refractivity contribution in [2.75, 3.05) is 26.2 Å². The Morgan fingerprint density at radius 2 is 2.08 bits per heavy atom. The molecule has 1 saturated heterocycles. The molecule has 0 aromatic carbocycles. The first kappa shape index (κ1) is 16.7. The first-order valence-corrected chi connectivity index (χ1v) is 10.1. The van der Waals surface area contributed by atoms with Crippen LogP contribution in [0.1, 0.15) is 39.0 Å². The fourth-order valence-electron chi connectivity index (χ4n) is 3.96. The molecule has 2 aliphatic rings. The second kappa shape index (κ2) is 7.26. The molecule has 4 rings (SSSR count). The van der Waals surface area contributed by atoms with Crippen LogP contribution in [0.2, 0.25) is 0 Å². The molecule has 5 heteroatoms. The number of piperazine rings is 1. The first-order chi connectivity index (χ1) is 12.2. The van der Waals surface area contributed by atoms with Crippen LogP contribution in [0.3, 0.4) is 0 Å². The highest BCUT2D eigenvalue weighted by Crippen LogP contribution is 2.32. The number of thiophene rings is 1. The lowest BCUT2D eigenvalue weighted by molar-refractivity contribution is -0.917.